The number of ether oxygens (including phenoxy) is 1. The van der Waals surface area contributed by atoms with Gasteiger partial charge in [0, 0.05) is 0 Å². The standard InChI is InChI=1S/C20H29BrO4/c1-17(2)7-5-8-18(3)11(17)6-9-19(4)13(18)12(21)15(22)20(24)10-25-16(23)14(19)20/h11-14,24H,5-10H2,1-4H3/t11?,12-,13+,14-,18-,19+,20+/m0/s1. The summed E-state index contributed by atoms with van der Waals surface area (Å²) in [6.07, 6.45) is 5.35. The quantitative estimate of drug-likeness (QED) is 0.488. The molecule has 0 aromatic rings. The van der Waals surface area contributed by atoms with Gasteiger partial charge in [0.05, 0.1) is 4.83 Å². The maximum atomic E-state index is 13.1. The number of alkyl halides is 1. The highest BCUT2D eigenvalue weighted by atomic mass is 79.9. The van der Waals surface area contributed by atoms with Gasteiger partial charge in [-0.05, 0) is 53.8 Å². The molecule has 0 radical (unpaired) electrons. The van der Waals surface area contributed by atoms with Crippen molar-refractivity contribution in [3.63, 3.8) is 0 Å². The summed E-state index contributed by atoms with van der Waals surface area (Å²) in [6.45, 7) is 8.96. The number of carbonyl (C=O) groups is 2. The fraction of sp³-hybridized carbons (Fsp3) is 0.900. The zero-order valence-electron chi connectivity index (χ0n) is 15.6. The predicted molar refractivity (Wildman–Crippen MR) is 97.2 cm³/mol. The Labute approximate surface area is 158 Å². The minimum absolute atomic E-state index is 0.0111. The van der Waals surface area contributed by atoms with Crippen molar-refractivity contribution in [2.75, 3.05) is 6.61 Å². The summed E-state index contributed by atoms with van der Waals surface area (Å²) >= 11 is 3.68. The molecule has 0 spiro atoms. The van der Waals surface area contributed by atoms with E-state index in [0.717, 1.165) is 25.7 Å². The normalized spacial score (nSPS) is 54.3. The van der Waals surface area contributed by atoms with E-state index in [1.807, 2.05) is 0 Å². The van der Waals surface area contributed by atoms with Crippen molar-refractivity contribution in [2.45, 2.75) is 70.2 Å². The molecule has 4 aliphatic rings. The van der Waals surface area contributed by atoms with Gasteiger partial charge in [-0.1, -0.05) is 50.0 Å². The van der Waals surface area contributed by atoms with Crippen LogP contribution in [0, 0.1) is 34.0 Å². The molecule has 1 aliphatic heterocycles. The van der Waals surface area contributed by atoms with Gasteiger partial charge in [0.2, 0.25) is 0 Å². The Bertz CT molecular complexity index is 646. The molecule has 1 heterocycles. The highest BCUT2D eigenvalue weighted by molar-refractivity contribution is 9.10. The van der Waals surface area contributed by atoms with Crippen LogP contribution in [0.25, 0.3) is 0 Å². The Morgan fingerprint density at radius 1 is 1.08 bits per heavy atom. The first-order chi connectivity index (χ1) is 11.5. The fourth-order valence-electron chi connectivity index (χ4n) is 7.58. The van der Waals surface area contributed by atoms with Crippen LogP contribution in [0.4, 0.5) is 0 Å². The number of esters is 1. The van der Waals surface area contributed by atoms with Crippen LogP contribution in [-0.2, 0) is 14.3 Å². The van der Waals surface area contributed by atoms with E-state index in [-0.39, 0.29) is 35.1 Å². The van der Waals surface area contributed by atoms with Crippen LogP contribution in [0.5, 0.6) is 0 Å². The van der Waals surface area contributed by atoms with Crippen LogP contribution >= 0.6 is 15.9 Å². The van der Waals surface area contributed by atoms with E-state index in [0.29, 0.717) is 5.92 Å². The van der Waals surface area contributed by atoms with Crippen molar-refractivity contribution in [3.8, 4) is 0 Å². The summed E-state index contributed by atoms with van der Waals surface area (Å²) in [5, 5.41) is 11.1. The molecule has 1 unspecified atom stereocenters. The first-order valence-corrected chi connectivity index (χ1v) is 10.5. The van der Waals surface area contributed by atoms with Gasteiger partial charge in [0.15, 0.2) is 11.4 Å². The van der Waals surface area contributed by atoms with Gasteiger partial charge in [-0.2, -0.15) is 0 Å². The van der Waals surface area contributed by atoms with Crippen LogP contribution in [0.2, 0.25) is 0 Å². The molecule has 0 amide bonds. The van der Waals surface area contributed by atoms with Gasteiger partial charge in [0.25, 0.3) is 0 Å². The summed E-state index contributed by atoms with van der Waals surface area (Å²) in [6, 6.07) is 0. The van der Waals surface area contributed by atoms with Crippen molar-refractivity contribution < 1.29 is 19.4 Å². The third-order valence-corrected chi connectivity index (χ3v) is 9.39. The Morgan fingerprint density at radius 2 is 1.76 bits per heavy atom. The van der Waals surface area contributed by atoms with Crippen molar-refractivity contribution in [3.05, 3.63) is 0 Å². The minimum atomic E-state index is -1.66. The van der Waals surface area contributed by atoms with Gasteiger partial charge >= 0.3 is 5.97 Å². The summed E-state index contributed by atoms with van der Waals surface area (Å²) in [4.78, 5) is 25.3. The van der Waals surface area contributed by atoms with Gasteiger partial charge in [-0.25, -0.2) is 0 Å². The molecule has 0 bridgehead atoms. The third-order valence-electron chi connectivity index (χ3n) is 8.45. The van der Waals surface area contributed by atoms with Crippen LogP contribution < -0.4 is 0 Å². The lowest BCUT2D eigenvalue weighted by Gasteiger charge is -2.66. The Hall–Kier alpha value is -0.420. The maximum Gasteiger partial charge on any atom is 0.313 e. The first-order valence-electron chi connectivity index (χ1n) is 9.56. The average Bonchev–Trinajstić information content (AvgIpc) is 2.81. The number of halogens is 1. The molecule has 1 saturated heterocycles. The van der Waals surface area contributed by atoms with Crippen molar-refractivity contribution in [1.82, 2.24) is 0 Å². The van der Waals surface area contributed by atoms with Crippen LogP contribution in [0.1, 0.15) is 59.8 Å². The molecular weight excluding hydrogens is 384 g/mol. The number of cyclic esters (lactones) is 1. The smallest absolute Gasteiger partial charge is 0.313 e. The number of ketones is 1. The fourth-order valence-corrected chi connectivity index (χ4v) is 9.18. The second kappa shape index (κ2) is 5.09. The number of aliphatic hydroxyl groups is 1. The van der Waals surface area contributed by atoms with E-state index in [1.165, 1.54) is 6.42 Å². The average molecular weight is 413 g/mol. The monoisotopic (exact) mass is 412 g/mol. The molecule has 4 rings (SSSR count). The summed E-state index contributed by atoms with van der Waals surface area (Å²) in [5.74, 6) is -0.796. The first kappa shape index (κ1) is 18.0. The van der Waals surface area contributed by atoms with E-state index in [9.17, 15) is 14.7 Å². The lowest BCUT2D eigenvalue weighted by atomic mass is 9.38. The van der Waals surface area contributed by atoms with Crippen LogP contribution in [0.15, 0.2) is 0 Å². The zero-order chi connectivity index (χ0) is 18.4. The summed E-state index contributed by atoms with van der Waals surface area (Å²) < 4.78 is 5.22. The van der Waals surface area contributed by atoms with E-state index in [2.05, 4.69) is 43.6 Å². The van der Waals surface area contributed by atoms with Gasteiger partial charge < -0.3 is 9.84 Å². The van der Waals surface area contributed by atoms with Crippen LogP contribution in [0.3, 0.4) is 0 Å². The largest absolute Gasteiger partial charge is 0.462 e. The molecule has 0 aromatic carbocycles. The van der Waals surface area contributed by atoms with E-state index in [4.69, 9.17) is 4.74 Å². The second-order valence-electron chi connectivity index (χ2n) is 10.2. The number of rotatable bonds is 0. The number of fused-ring (bicyclic) bond motifs is 5. The number of carbonyl (C=O) groups excluding carboxylic acids is 2. The molecule has 3 aliphatic carbocycles. The predicted octanol–water partition coefficient (Wildman–Crippen LogP) is 3.49. The molecule has 25 heavy (non-hydrogen) atoms. The molecule has 3 saturated carbocycles. The molecule has 140 valence electrons. The Morgan fingerprint density at radius 3 is 2.44 bits per heavy atom. The third kappa shape index (κ3) is 2.03. The highest BCUT2D eigenvalue weighted by Crippen LogP contribution is 2.70. The molecule has 5 heteroatoms. The summed E-state index contributed by atoms with van der Waals surface area (Å²) in [5.41, 5.74) is -1.84. The van der Waals surface area contributed by atoms with Crippen molar-refractivity contribution in [2.24, 2.45) is 34.0 Å². The minimum Gasteiger partial charge on any atom is -0.462 e. The lowest BCUT2D eigenvalue weighted by Crippen LogP contribution is -2.70. The molecule has 4 nitrogen and oxygen atoms in total. The van der Waals surface area contributed by atoms with Gasteiger partial charge in [0.1, 0.15) is 12.5 Å². The Kier molecular flexibility index (Phi) is 3.66. The SMILES string of the molecule is CC1(C)CCC[C@@]2(C)C1CC[C@]1(C)[C@@H]2[C@H](Br)C(=O)[C@@]2(O)COC(=O)[C@@H]12. The number of Topliss-reactive ketones (excluding diaryl/α,β-unsaturated/α-hetero) is 1. The Balaban J connectivity index is 1.87. The molecule has 4 fully saturated rings. The molecule has 1 N–H and O–H groups in total. The molecule has 7 atom stereocenters. The number of hydrogen-bond donors (Lipinski definition) is 1. The molecular formula is C20H29BrO4. The lowest BCUT2D eigenvalue weighted by molar-refractivity contribution is -0.199. The zero-order valence-corrected chi connectivity index (χ0v) is 17.2. The molecule has 0 aromatic heterocycles. The van der Waals surface area contributed by atoms with Gasteiger partial charge in [-0.15, -0.1) is 0 Å². The topological polar surface area (TPSA) is 63.6 Å². The van der Waals surface area contributed by atoms with E-state index >= 15 is 0 Å². The van der Waals surface area contributed by atoms with Gasteiger partial charge in [-0.3, -0.25) is 9.59 Å². The maximum absolute atomic E-state index is 13.1. The van der Waals surface area contributed by atoms with Crippen LogP contribution in [-0.4, -0.2) is 33.9 Å². The summed E-state index contributed by atoms with van der Waals surface area (Å²) in [7, 11) is 0. The second-order valence-corrected chi connectivity index (χ2v) is 11.1. The highest BCUT2D eigenvalue weighted by Gasteiger charge is 2.74. The van der Waals surface area contributed by atoms with Crippen molar-refractivity contribution >= 4 is 27.7 Å². The van der Waals surface area contributed by atoms with E-state index in [1.54, 1.807) is 0 Å². The number of hydrogen-bond acceptors (Lipinski definition) is 4. The van der Waals surface area contributed by atoms with Crippen molar-refractivity contribution in [1.29, 1.82) is 0 Å². The van der Waals surface area contributed by atoms with E-state index < -0.39 is 21.8 Å².